The summed E-state index contributed by atoms with van der Waals surface area (Å²) in [6, 6.07) is 10.5. The molecule has 0 aliphatic rings. The summed E-state index contributed by atoms with van der Waals surface area (Å²) < 4.78 is 1.46. The van der Waals surface area contributed by atoms with Crippen LogP contribution in [-0.2, 0) is 0 Å². The molecule has 0 saturated heterocycles. The summed E-state index contributed by atoms with van der Waals surface area (Å²) in [5, 5.41) is 0. The highest BCUT2D eigenvalue weighted by Crippen LogP contribution is 1.91. The highest BCUT2D eigenvalue weighted by Gasteiger charge is 1.82. The van der Waals surface area contributed by atoms with Gasteiger partial charge in [-0.3, -0.25) is 0 Å². The zero-order valence-electron chi connectivity index (χ0n) is 8.05. The predicted octanol–water partition coefficient (Wildman–Crippen LogP) is 1.83. The van der Waals surface area contributed by atoms with Gasteiger partial charge in [0.2, 0.25) is 0 Å². The smallest absolute Gasteiger partial charge is 0.126 e. The Morgan fingerprint density at radius 2 is 1.67 bits per heavy atom. The fourth-order valence-corrected chi connectivity index (χ4v) is 0.919. The Morgan fingerprint density at radius 1 is 1.25 bits per heavy atom. The standard InChI is InChI=1S/C6H5.C4H9Cl.Al.2H/c1-2-4-6-5-3-1;1-4(2)3-5;;;/h1-5H;4H,3H2,1-2H3;;;. The van der Waals surface area contributed by atoms with Gasteiger partial charge < -0.3 is 0 Å². The third kappa shape index (κ3) is 8.14. The average molecular weight is 199 g/mol. The molecule has 0 aliphatic carbocycles. The molecule has 0 nitrogen and oxygen atoms in total. The molecule has 0 saturated carbocycles. The third-order valence-electron chi connectivity index (χ3n) is 1.25. The highest BCUT2D eigenvalue weighted by molar-refractivity contribution is 6.32. The lowest BCUT2D eigenvalue weighted by atomic mass is 10.3. The fourth-order valence-electron chi connectivity index (χ4n) is 0.534. The number of benzene rings is 1. The van der Waals surface area contributed by atoms with E-state index in [1.54, 1.807) is 0 Å². The van der Waals surface area contributed by atoms with Crippen LogP contribution in [-0.4, -0.2) is 22.2 Å². The monoisotopic (exact) mass is 198 g/mol. The van der Waals surface area contributed by atoms with Gasteiger partial charge in [0.1, 0.15) is 0 Å². The second kappa shape index (κ2) is 7.68. The van der Waals surface area contributed by atoms with Crippen molar-refractivity contribution in [3.8, 4) is 0 Å². The molecule has 1 aromatic carbocycles. The first-order valence-corrected chi connectivity index (χ1v) is 5.78. The van der Waals surface area contributed by atoms with Crippen LogP contribution in [0.4, 0.5) is 0 Å². The maximum Gasteiger partial charge on any atom is 0.258 e. The number of alkyl halides is 1. The third-order valence-corrected chi connectivity index (χ3v) is 2.53. The Labute approximate surface area is 88.4 Å². The largest absolute Gasteiger partial charge is 0.258 e. The van der Waals surface area contributed by atoms with Gasteiger partial charge in [-0.25, -0.2) is 0 Å². The van der Waals surface area contributed by atoms with Crippen LogP contribution in [0.1, 0.15) is 13.8 Å². The van der Waals surface area contributed by atoms with Gasteiger partial charge in [0.15, 0.2) is 0 Å². The normalized spacial score (nSPS) is 9.00. The zero-order chi connectivity index (χ0) is 9.40. The average Bonchev–Trinajstić information content (AvgIpc) is 2.07. The number of hydrogen-bond acceptors (Lipinski definition) is 0. The van der Waals surface area contributed by atoms with Gasteiger partial charge in [-0.2, -0.15) is 0 Å². The van der Waals surface area contributed by atoms with Crippen LogP contribution in [0.15, 0.2) is 30.3 Å². The number of rotatable bonds is 1. The first-order valence-electron chi connectivity index (χ1n) is 4.24. The topological polar surface area (TPSA) is 0 Å². The van der Waals surface area contributed by atoms with Crippen molar-refractivity contribution in [2.24, 2.45) is 5.92 Å². The van der Waals surface area contributed by atoms with E-state index in [9.17, 15) is 0 Å². The second-order valence-corrected chi connectivity index (χ2v) is 4.67. The first kappa shape index (κ1) is 12.0. The summed E-state index contributed by atoms with van der Waals surface area (Å²) in [4.78, 5) is 0. The Morgan fingerprint density at radius 3 is 1.83 bits per heavy atom. The van der Waals surface area contributed by atoms with Crippen molar-refractivity contribution >= 4 is 32.3 Å². The molecular weight excluding hydrogens is 183 g/mol. The van der Waals surface area contributed by atoms with E-state index in [4.69, 9.17) is 11.6 Å². The Hall–Kier alpha value is 0.0425. The molecule has 12 heavy (non-hydrogen) atoms. The predicted molar refractivity (Wildman–Crippen MR) is 60.2 cm³/mol. The minimum Gasteiger partial charge on any atom is -0.126 e. The summed E-state index contributed by atoms with van der Waals surface area (Å²) >= 11 is 6.51. The van der Waals surface area contributed by atoms with Gasteiger partial charge in [-0.15, -0.1) is 16.0 Å². The molecular formula is C10H16AlCl. The van der Waals surface area contributed by atoms with E-state index >= 15 is 0 Å². The highest BCUT2D eigenvalue weighted by atomic mass is 35.5. The van der Waals surface area contributed by atoms with E-state index < -0.39 is 0 Å². The molecule has 0 amide bonds. The van der Waals surface area contributed by atoms with Crippen molar-refractivity contribution in [2.45, 2.75) is 13.8 Å². The van der Waals surface area contributed by atoms with Crippen molar-refractivity contribution < 1.29 is 0 Å². The van der Waals surface area contributed by atoms with Crippen LogP contribution in [0.25, 0.3) is 0 Å². The maximum atomic E-state index is 5.34. The van der Waals surface area contributed by atoms with Crippen LogP contribution in [0.5, 0.6) is 0 Å². The quantitative estimate of drug-likeness (QED) is 0.477. The SMILES string of the molecule is CC(C)CCl.[AlH2][c]1ccccc1. The van der Waals surface area contributed by atoms with Gasteiger partial charge in [-0.05, 0) is 5.92 Å². The molecule has 2 heteroatoms. The van der Waals surface area contributed by atoms with Crippen LogP contribution in [0.3, 0.4) is 0 Å². The van der Waals surface area contributed by atoms with Crippen molar-refractivity contribution in [3.63, 3.8) is 0 Å². The van der Waals surface area contributed by atoms with Crippen molar-refractivity contribution in [2.75, 3.05) is 5.88 Å². The molecule has 0 heterocycles. The fraction of sp³-hybridized carbons (Fsp3) is 0.400. The van der Waals surface area contributed by atoms with E-state index in [-0.39, 0.29) is 0 Å². The molecule has 1 aromatic rings. The summed E-state index contributed by atoms with van der Waals surface area (Å²) in [5.74, 6) is 1.43. The van der Waals surface area contributed by atoms with Crippen LogP contribution in [0.2, 0.25) is 0 Å². The van der Waals surface area contributed by atoms with Gasteiger partial charge >= 0.3 is 0 Å². The Bertz CT molecular complexity index is 184. The van der Waals surface area contributed by atoms with E-state index in [2.05, 4.69) is 38.1 Å². The molecule has 66 valence electrons. The number of halogens is 1. The molecule has 0 fully saturated rings. The van der Waals surface area contributed by atoms with Crippen LogP contribution < -0.4 is 4.43 Å². The summed E-state index contributed by atoms with van der Waals surface area (Å²) in [6.45, 7) is 4.18. The number of hydrogen-bond donors (Lipinski definition) is 0. The maximum absolute atomic E-state index is 5.34. The van der Waals surface area contributed by atoms with Gasteiger partial charge in [0, 0.05) is 5.88 Å². The van der Waals surface area contributed by atoms with Crippen molar-refractivity contribution in [1.29, 1.82) is 0 Å². The lowest BCUT2D eigenvalue weighted by Crippen LogP contribution is -1.97. The van der Waals surface area contributed by atoms with Crippen LogP contribution in [0, 0.1) is 5.92 Å². The zero-order valence-corrected chi connectivity index (χ0v) is 10.8. The molecule has 0 unspecified atom stereocenters. The molecule has 1 rings (SSSR count). The minimum atomic E-state index is 0.650. The first-order chi connectivity index (χ1) is 5.66. The lowest BCUT2D eigenvalue weighted by Gasteiger charge is -1.88. The van der Waals surface area contributed by atoms with Gasteiger partial charge in [-0.1, -0.05) is 44.2 Å². The van der Waals surface area contributed by atoms with Crippen LogP contribution >= 0.6 is 11.6 Å². The summed E-state index contributed by atoms with van der Waals surface area (Å²) in [6.07, 6.45) is 0. The molecule has 0 N–H and O–H groups in total. The molecule has 0 bridgehead atoms. The van der Waals surface area contributed by atoms with Gasteiger partial charge in [0.25, 0.3) is 16.3 Å². The Kier molecular flexibility index (Phi) is 7.71. The summed E-state index contributed by atoms with van der Waals surface area (Å²) in [5.41, 5.74) is 0. The van der Waals surface area contributed by atoms with Crippen molar-refractivity contribution in [1.82, 2.24) is 0 Å². The lowest BCUT2D eigenvalue weighted by molar-refractivity contribution is 0.745. The van der Waals surface area contributed by atoms with E-state index in [1.807, 2.05) is 6.07 Å². The molecule has 0 aromatic heterocycles. The van der Waals surface area contributed by atoms with E-state index in [1.165, 1.54) is 20.7 Å². The van der Waals surface area contributed by atoms with Crippen molar-refractivity contribution in [3.05, 3.63) is 30.3 Å². The second-order valence-electron chi connectivity index (χ2n) is 3.20. The van der Waals surface area contributed by atoms with E-state index in [0.717, 1.165) is 5.88 Å². The molecule has 0 aliphatic heterocycles. The molecule has 0 spiro atoms. The minimum absolute atomic E-state index is 0.650. The Balaban J connectivity index is 0.000000217. The van der Waals surface area contributed by atoms with E-state index in [0.29, 0.717) is 5.92 Å². The molecule has 0 radical (unpaired) electrons. The molecule has 0 atom stereocenters. The summed E-state index contributed by atoms with van der Waals surface area (Å²) in [7, 11) is 0. The van der Waals surface area contributed by atoms with Gasteiger partial charge in [0.05, 0.1) is 0 Å².